The fraction of sp³-hybridized carbons (Fsp3) is 0.0833. The molecular formula is C12H8ClFN2O4. The van der Waals surface area contributed by atoms with E-state index in [1.54, 1.807) is 0 Å². The molecule has 0 radical (unpaired) electrons. The van der Waals surface area contributed by atoms with Crippen LogP contribution >= 0.6 is 11.6 Å². The third-order valence-electron chi connectivity index (χ3n) is 2.39. The number of carboxylic acids is 1. The molecule has 0 saturated heterocycles. The topological polar surface area (TPSA) is 92.4 Å². The number of carbonyl (C=O) groups is 2. The lowest BCUT2D eigenvalue weighted by Gasteiger charge is -2.04. The zero-order valence-corrected chi connectivity index (χ0v) is 10.6. The van der Waals surface area contributed by atoms with Crippen molar-refractivity contribution < 1.29 is 23.6 Å². The van der Waals surface area contributed by atoms with Crippen LogP contribution in [0.4, 0.5) is 4.39 Å². The van der Waals surface area contributed by atoms with Crippen LogP contribution in [0.5, 0.6) is 0 Å². The average Bonchev–Trinajstić information content (AvgIpc) is 2.89. The second-order valence-corrected chi connectivity index (χ2v) is 4.22. The molecule has 1 aromatic heterocycles. The first-order chi connectivity index (χ1) is 9.47. The molecule has 1 amide bonds. The van der Waals surface area contributed by atoms with Crippen LogP contribution in [0.15, 0.2) is 28.8 Å². The number of carboxylic acid groups (broad SMARTS) is 1. The summed E-state index contributed by atoms with van der Waals surface area (Å²) in [4.78, 5) is 22.2. The van der Waals surface area contributed by atoms with E-state index in [0.29, 0.717) is 5.56 Å². The van der Waals surface area contributed by atoms with Crippen molar-refractivity contribution in [1.82, 2.24) is 10.5 Å². The van der Waals surface area contributed by atoms with Crippen molar-refractivity contribution in [3.8, 4) is 0 Å². The van der Waals surface area contributed by atoms with E-state index < -0.39 is 23.5 Å². The van der Waals surface area contributed by atoms with Gasteiger partial charge in [-0.25, -0.2) is 9.18 Å². The molecule has 0 spiro atoms. The summed E-state index contributed by atoms with van der Waals surface area (Å²) in [6.07, 6.45) is 0. The van der Waals surface area contributed by atoms with Crippen LogP contribution in [0.25, 0.3) is 0 Å². The van der Waals surface area contributed by atoms with Crippen LogP contribution in [0.3, 0.4) is 0 Å². The van der Waals surface area contributed by atoms with Gasteiger partial charge in [0, 0.05) is 12.6 Å². The number of hydrogen-bond acceptors (Lipinski definition) is 4. The van der Waals surface area contributed by atoms with Crippen LogP contribution in [0.2, 0.25) is 5.02 Å². The summed E-state index contributed by atoms with van der Waals surface area (Å²) < 4.78 is 17.4. The smallest absolute Gasteiger partial charge is 0.374 e. The molecule has 20 heavy (non-hydrogen) atoms. The van der Waals surface area contributed by atoms with Crippen molar-refractivity contribution in [1.29, 1.82) is 0 Å². The van der Waals surface area contributed by atoms with E-state index in [4.69, 9.17) is 16.7 Å². The maximum Gasteiger partial charge on any atom is 0.374 e. The Morgan fingerprint density at radius 2 is 2.15 bits per heavy atom. The minimum Gasteiger partial charge on any atom is -0.475 e. The molecule has 8 heteroatoms. The lowest BCUT2D eigenvalue weighted by Crippen LogP contribution is -2.23. The van der Waals surface area contributed by atoms with Crippen molar-refractivity contribution in [2.75, 3.05) is 0 Å². The number of aromatic nitrogens is 1. The van der Waals surface area contributed by atoms with Gasteiger partial charge in [0.05, 0.1) is 5.02 Å². The monoisotopic (exact) mass is 298 g/mol. The highest BCUT2D eigenvalue weighted by atomic mass is 35.5. The quantitative estimate of drug-likeness (QED) is 0.901. The van der Waals surface area contributed by atoms with Crippen molar-refractivity contribution >= 4 is 23.5 Å². The number of benzene rings is 1. The van der Waals surface area contributed by atoms with Crippen molar-refractivity contribution in [2.45, 2.75) is 6.54 Å². The fourth-order valence-corrected chi connectivity index (χ4v) is 1.61. The number of nitrogens with one attached hydrogen (secondary N) is 1. The van der Waals surface area contributed by atoms with Crippen LogP contribution in [0, 0.1) is 5.82 Å². The largest absolute Gasteiger partial charge is 0.475 e. The number of rotatable bonds is 4. The maximum atomic E-state index is 12.9. The molecule has 0 fully saturated rings. The summed E-state index contributed by atoms with van der Waals surface area (Å²) in [5.74, 6) is -2.91. The zero-order valence-electron chi connectivity index (χ0n) is 9.89. The van der Waals surface area contributed by atoms with E-state index in [1.807, 2.05) is 0 Å². The van der Waals surface area contributed by atoms with Gasteiger partial charge in [-0.2, -0.15) is 0 Å². The highest BCUT2D eigenvalue weighted by molar-refractivity contribution is 6.30. The molecule has 0 saturated carbocycles. The Balaban J connectivity index is 2.00. The fourth-order valence-electron chi connectivity index (χ4n) is 1.41. The molecule has 0 bridgehead atoms. The first-order valence-corrected chi connectivity index (χ1v) is 5.77. The molecule has 2 aromatic rings. The molecule has 0 unspecified atom stereocenters. The number of halogens is 2. The molecule has 1 heterocycles. The molecule has 0 aliphatic rings. The molecule has 1 aromatic carbocycles. The van der Waals surface area contributed by atoms with Crippen LogP contribution in [-0.2, 0) is 6.54 Å². The molecule has 0 atom stereocenters. The van der Waals surface area contributed by atoms with Crippen molar-refractivity contribution in [2.24, 2.45) is 0 Å². The lowest BCUT2D eigenvalue weighted by molar-refractivity contribution is 0.0651. The predicted molar refractivity (Wildman–Crippen MR) is 66.0 cm³/mol. The Labute approximate surface area is 117 Å². The Morgan fingerprint density at radius 1 is 1.40 bits per heavy atom. The molecule has 0 aliphatic carbocycles. The van der Waals surface area contributed by atoms with Gasteiger partial charge in [-0.15, -0.1) is 0 Å². The minimum absolute atomic E-state index is 0.0497. The predicted octanol–water partition coefficient (Wildman–Crippen LogP) is 2.10. The molecular weight excluding hydrogens is 291 g/mol. The van der Waals surface area contributed by atoms with E-state index in [9.17, 15) is 14.0 Å². The first kappa shape index (κ1) is 14.0. The Hall–Kier alpha value is -2.41. The highest BCUT2D eigenvalue weighted by Gasteiger charge is 2.16. The minimum atomic E-state index is -1.32. The summed E-state index contributed by atoms with van der Waals surface area (Å²) in [5.41, 5.74) is 0.433. The average molecular weight is 299 g/mol. The Morgan fingerprint density at radius 3 is 2.75 bits per heavy atom. The highest BCUT2D eigenvalue weighted by Crippen LogP contribution is 2.15. The molecule has 6 nitrogen and oxygen atoms in total. The maximum absolute atomic E-state index is 12.9. The van der Waals surface area contributed by atoms with E-state index in [1.165, 1.54) is 18.2 Å². The second kappa shape index (κ2) is 5.70. The second-order valence-electron chi connectivity index (χ2n) is 3.81. The van der Waals surface area contributed by atoms with E-state index in [0.717, 1.165) is 6.07 Å². The van der Waals surface area contributed by atoms with Gasteiger partial charge in [0.1, 0.15) is 5.82 Å². The zero-order chi connectivity index (χ0) is 14.7. The van der Waals surface area contributed by atoms with Gasteiger partial charge in [-0.05, 0) is 17.7 Å². The molecule has 0 aliphatic heterocycles. The standard InChI is InChI=1S/C12H8ClFN2O4/c13-7-3-6(1-2-8(7)14)5-15-11(17)9-4-10(12(18)19)20-16-9/h1-4H,5H2,(H,15,17)(H,18,19). The Bertz CT molecular complexity index is 671. The van der Waals surface area contributed by atoms with Gasteiger partial charge < -0.3 is 14.9 Å². The van der Waals surface area contributed by atoms with Gasteiger partial charge in [0.2, 0.25) is 5.76 Å². The van der Waals surface area contributed by atoms with Gasteiger partial charge in [0.15, 0.2) is 5.69 Å². The summed E-state index contributed by atoms with van der Waals surface area (Å²) in [6.45, 7) is 0.0914. The third-order valence-corrected chi connectivity index (χ3v) is 2.68. The first-order valence-electron chi connectivity index (χ1n) is 5.39. The molecule has 2 N–H and O–H groups in total. The SMILES string of the molecule is O=C(NCc1ccc(F)c(Cl)c1)c1cc(C(=O)O)on1. The molecule has 2 rings (SSSR count). The summed E-state index contributed by atoms with van der Waals surface area (Å²) >= 11 is 5.60. The third kappa shape index (κ3) is 3.12. The number of hydrogen-bond donors (Lipinski definition) is 2. The Kier molecular flexibility index (Phi) is 3.99. The van der Waals surface area contributed by atoms with Crippen LogP contribution < -0.4 is 5.32 Å². The van der Waals surface area contributed by atoms with Gasteiger partial charge in [0.25, 0.3) is 5.91 Å². The van der Waals surface area contributed by atoms with Gasteiger partial charge in [-0.1, -0.05) is 22.8 Å². The number of carbonyl (C=O) groups excluding carboxylic acids is 1. The molecule has 104 valence electrons. The van der Waals surface area contributed by atoms with Gasteiger partial charge in [-0.3, -0.25) is 4.79 Å². The van der Waals surface area contributed by atoms with E-state index in [-0.39, 0.29) is 17.3 Å². The van der Waals surface area contributed by atoms with Crippen LogP contribution in [-0.4, -0.2) is 22.1 Å². The van der Waals surface area contributed by atoms with Crippen LogP contribution in [0.1, 0.15) is 26.6 Å². The van der Waals surface area contributed by atoms with E-state index >= 15 is 0 Å². The number of aromatic carboxylic acids is 1. The van der Waals surface area contributed by atoms with Gasteiger partial charge >= 0.3 is 5.97 Å². The summed E-state index contributed by atoms with van der Waals surface area (Å²) in [5, 5.41) is 14.4. The van der Waals surface area contributed by atoms with Crippen molar-refractivity contribution in [3.63, 3.8) is 0 Å². The number of nitrogens with zero attached hydrogens (tertiary/aromatic N) is 1. The lowest BCUT2D eigenvalue weighted by atomic mass is 10.2. The van der Waals surface area contributed by atoms with Crippen molar-refractivity contribution in [3.05, 3.63) is 52.1 Å². The van der Waals surface area contributed by atoms with E-state index in [2.05, 4.69) is 15.0 Å². The summed E-state index contributed by atoms with van der Waals surface area (Å²) in [7, 11) is 0. The summed E-state index contributed by atoms with van der Waals surface area (Å²) in [6, 6.07) is 5.04. The number of amides is 1. The normalized spacial score (nSPS) is 10.3.